The van der Waals surface area contributed by atoms with Crippen molar-refractivity contribution >= 4 is 15.9 Å². The molecule has 0 aliphatic carbocycles. The average molecular weight is 281 g/mol. The van der Waals surface area contributed by atoms with E-state index in [9.17, 15) is 13.2 Å². The Morgan fingerprint density at radius 3 is 2.68 bits per heavy atom. The average Bonchev–Trinajstić information content (AvgIpc) is 2.38. The van der Waals surface area contributed by atoms with Crippen LogP contribution in [-0.4, -0.2) is 27.9 Å². The summed E-state index contributed by atoms with van der Waals surface area (Å²) in [7, 11) is -2.23. The van der Waals surface area contributed by atoms with Gasteiger partial charge in [0.15, 0.2) is 0 Å². The SMILES string of the molecule is CNC(=O)CCNS(=O)(=O)c1cc(C#N)ccc1C. The van der Waals surface area contributed by atoms with Crippen molar-refractivity contribution in [3.05, 3.63) is 29.3 Å². The lowest BCUT2D eigenvalue weighted by Crippen LogP contribution is -2.29. The molecule has 1 aromatic rings. The van der Waals surface area contributed by atoms with Crippen LogP contribution in [0.1, 0.15) is 17.5 Å². The third kappa shape index (κ3) is 4.05. The summed E-state index contributed by atoms with van der Waals surface area (Å²) in [6.45, 7) is 1.66. The van der Waals surface area contributed by atoms with Crippen LogP contribution in [0, 0.1) is 18.3 Å². The molecule has 2 N–H and O–H groups in total. The second-order valence-corrected chi connectivity index (χ2v) is 5.65. The number of aryl methyl sites for hydroxylation is 1. The zero-order valence-corrected chi connectivity index (χ0v) is 11.5. The number of amides is 1. The second kappa shape index (κ2) is 6.31. The topological polar surface area (TPSA) is 99.1 Å². The van der Waals surface area contributed by atoms with E-state index in [-0.39, 0.29) is 29.3 Å². The zero-order chi connectivity index (χ0) is 14.5. The summed E-state index contributed by atoms with van der Waals surface area (Å²) in [5.41, 5.74) is 0.823. The highest BCUT2D eigenvalue weighted by atomic mass is 32.2. The highest BCUT2D eigenvalue weighted by Gasteiger charge is 2.17. The number of nitriles is 1. The quantitative estimate of drug-likeness (QED) is 0.809. The standard InChI is InChI=1S/C12H15N3O3S/c1-9-3-4-10(8-13)7-11(9)19(17,18)15-6-5-12(16)14-2/h3-4,7,15H,5-6H2,1-2H3,(H,14,16). The van der Waals surface area contributed by atoms with Crippen molar-refractivity contribution in [3.63, 3.8) is 0 Å². The molecule has 102 valence electrons. The molecule has 6 nitrogen and oxygen atoms in total. The normalized spacial score (nSPS) is 10.8. The van der Waals surface area contributed by atoms with Crippen molar-refractivity contribution in [1.82, 2.24) is 10.0 Å². The van der Waals surface area contributed by atoms with Crippen molar-refractivity contribution in [2.75, 3.05) is 13.6 Å². The van der Waals surface area contributed by atoms with Gasteiger partial charge in [-0.15, -0.1) is 0 Å². The molecule has 0 unspecified atom stereocenters. The van der Waals surface area contributed by atoms with Gasteiger partial charge < -0.3 is 5.32 Å². The molecular weight excluding hydrogens is 266 g/mol. The predicted molar refractivity (Wildman–Crippen MR) is 69.8 cm³/mol. The zero-order valence-electron chi connectivity index (χ0n) is 10.7. The number of sulfonamides is 1. The van der Waals surface area contributed by atoms with Crippen molar-refractivity contribution in [2.45, 2.75) is 18.2 Å². The van der Waals surface area contributed by atoms with Gasteiger partial charge in [0.1, 0.15) is 0 Å². The molecule has 1 aromatic carbocycles. The minimum absolute atomic E-state index is 0.0121. The number of hydrogen-bond acceptors (Lipinski definition) is 4. The van der Waals surface area contributed by atoms with Crippen LogP contribution in [0.15, 0.2) is 23.1 Å². The van der Waals surface area contributed by atoms with Gasteiger partial charge in [-0.25, -0.2) is 13.1 Å². The molecule has 0 atom stereocenters. The summed E-state index contributed by atoms with van der Waals surface area (Å²) >= 11 is 0. The van der Waals surface area contributed by atoms with Gasteiger partial charge in [0.2, 0.25) is 15.9 Å². The Morgan fingerprint density at radius 1 is 1.42 bits per heavy atom. The summed E-state index contributed by atoms with van der Waals surface area (Å²) < 4.78 is 26.4. The molecule has 0 aromatic heterocycles. The Kier molecular flexibility index (Phi) is 5.03. The Hall–Kier alpha value is -1.91. The molecule has 0 bridgehead atoms. The van der Waals surface area contributed by atoms with Gasteiger partial charge in [0, 0.05) is 20.0 Å². The maximum absolute atomic E-state index is 12.0. The number of carbonyl (C=O) groups is 1. The maximum atomic E-state index is 12.0. The maximum Gasteiger partial charge on any atom is 0.240 e. The molecule has 7 heteroatoms. The molecule has 0 radical (unpaired) electrons. The highest BCUT2D eigenvalue weighted by Crippen LogP contribution is 2.16. The molecule has 19 heavy (non-hydrogen) atoms. The van der Waals surface area contributed by atoms with Crippen LogP contribution in [0.2, 0.25) is 0 Å². The molecule has 0 saturated heterocycles. The summed E-state index contributed by atoms with van der Waals surface area (Å²) in [4.78, 5) is 11.1. The van der Waals surface area contributed by atoms with Gasteiger partial charge in [0.25, 0.3) is 0 Å². The smallest absolute Gasteiger partial charge is 0.240 e. The fourth-order valence-corrected chi connectivity index (χ4v) is 2.76. The predicted octanol–water partition coefficient (Wildman–Crippen LogP) is 0.281. The van der Waals surface area contributed by atoms with E-state index in [2.05, 4.69) is 10.0 Å². The largest absolute Gasteiger partial charge is 0.359 e. The van der Waals surface area contributed by atoms with Crippen molar-refractivity contribution < 1.29 is 13.2 Å². The van der Waals surface area contributed by atoms with E-state index in [0.29, 0.717) is 5.56 Å². The summed E-state index contributed by atoms with van der Waals surface area (Å²) in [5.74, 6) is -0.245. The number of nitrogens with zero attached hydrogens (tertiary/aromatic N) is 1. The van der Waals surface area contributed by atoms with Crippen LogP contribution in [0.25, 0.3) is 0 Å². The van der Waals surface area contributed by atoms with E-state index in [1.807, 2.05) is 6.07 Å². The highest BCUT2D eigenvalue weighted by molar-refractivity contribution is 7.89. The molecule has 0 saturated carbocycles. The van der Waals surface area contributed by atoms with Crippen LogP contribution >= 0.6 is 0 Å². The summed E-state index contributed by atoms with van der Waals surface area (Å²) in [6.07, 6.45) is 0.0622. The molecule has 1 amide bonds. The fraction of sp³-hybridized carbons (Fsp3) is 0.333. The van der Waals surface area contributed by atoms with Crippen LogP contribution in [0.5, 0.6) is 0 Å². The lowest BCUT2D eigenvalue weighted by molar-refractivity contribution is -0.120. The number of benzene rings is 1. The first-order valence-corrected chi connectivity index (χ1v) is 7.10. The van der Waals surface area contributed by atoms with E-state index in [1.165, 1.54) is 13.1 Å². The van der Waals surface area contributed by atoms with Gasteiger partial charge >= 0.3 is 0 Å². The molecule has 0 aliphatic heterocycles. The fourth-order valence-electron chi connectivity index (χ4n) is 1.46. The van der Waals surface area contributed by atoms with Gasteiger partial charge in [-0.1, -0.05) is 6.07 Å². The Balaban J connectivity index is 2.89. The van der Waals surface area contributed by atoms with Gasteiger partial charge in [-0.3, -0.25) is 4.79 Å². The van der Waals surface area contributed by atoms with E-state index in [0.717, 1.165) is 0 Å². The monoisotopic (exact) mass is 281 g/mol. The van der Waals surface area contributed by atoms with Crippen LogP contribution in [0.3, 0.4) is 0 Å². The lowest BCUT2D eigenvalue weighted by Gasteiger charge is -2.09. The van der Waals surface area contributed by atoms with Crippen LogP contribution < -0.4 is 10.0 Å². The molecule has 0 spiro atoms. The first kappa shape index (κ1) is 15.1. The summed E-state index contributed by atoms with van der Waals surface area (Å²) in [6, 6.07) is 6.34. The van der Waals surface area contributed by atoms with E-state index < -0.39 is 10.0 Å². The summed E-state index contributed by atoms with van der Waals surface area (Å²) in [5, 5.41) is 11.2. The number of hydrogen-bond donors (Lipinski definition) is 2. The van der Waals surface area contributed by atoms with Gasteiger partial charge in [0.05, 0.1) is 16.5 Å². The molecule has 0 heterocycles. The minimum atomic E-state index is -3.71. The Morgan fingerprint density at radius 2 is 2.11 bits per heavy atom. The third-order valence-electron chi connectivity index (χ3n) is 2.53. The van der Waals surface area contributed by atoms with Crippen LogP contribution in [-0.2, 0) is 14.8 Å². The third-order valence-corrected chi connectivity index (χ3v) is 4.13. The molecule has 1 rings (SSSR count). The second-order valence-electron chi connectivity index (χ2n) is 3.91. The Labute approximate surface area is 112 Å². The van der Waals surface area contributed by atoms with Gasteiger partial charge in [-0.2, -0.15) is 5.26 Å². The van der Waals surface area contributed by atoms with Crippen molar-refractivity contribution in [3.8, 4) is 6.07 Å². The number of rotatable bonds is 5. The molecular formula is C12H15N3O3S. The first-order valence-electron chi connectivity index (χ1n) is 5.61. The molecule has 0 fully saturated rings. The first-order chi connectivity index (χ1) is 8.90. The van der Waals surface area contributed by atoms with E-state index in [1.54, 1.807) is 19.1 Å². The van der Waals surface area contributed by atoms with Crippen LogP contribution in [0.4, 0.5) is 0 Å². The minimum Gasteiger partial charge on any atom is -0.359 e. The van der Waals surface area contributed by atoms with Crippen molar-refractivity contribution in [2.24, 2.45) is 0 Å². The number of carbonyl (C=O) groups excluding carboxylic acids is 1. The lowest BCUT2D eigenvalue weighted by atomic mass is 10.2. The molecule has 0 aliphatic rings. The number of nitrogens with one attached hydrogen (secondary N) is 2. The Bertz CT molecular complexity index is 618. The van der Waals surface area contributed by atoms with Gasteiger partial charge in [-0.05, 0) is 24.6 Å². The van der Waals surface area contributed by atoms with E-state index >= 15 is 0 Å². The van der Waals surface area contributed by atoms with Crippen molar-refractivity contribution in [1.29, 1.82) is 5.26 Å². The van der Waals surface area contributed by atoms with E-state index in [4.69, 9.17) is 5.26 Å².